The molecule has 0 saturated heterocycles. The van der Waals surface area contributed by atoms with Gasteiger partial charge in [-0.05, 0) is 70.2 Å². The maximum Gasteiger partial charge on any atom is 0.407 e. The summed E-state index contributed by atoms with van der Waals surface area (Å²) in [6.07, 6.45) is 1.95. The van der Waals surface area contributed by atoms with Gasteiger partial charge in [-0.25, -0.2) is 9.48 Å². The van der Waals surface area contributed by atoms with E-state index in [9.17, 15) is 18.0 Å². The third kappa shape index (κ3) is 4.24. The van der Waals surface area contributed by atoms with E-state index in [2.05, 4.69) is 35.5 Å². The SMILES string of the molecule is Cc1ccc(-n2ncc3c2C=C2CC[C@H]4C(=CC[C@@H](C(F)(F)F)[C@@H]4NC(=O)OC(C)C)[C@@]2(C)C3)cc1. The third-order valence-corrected chi connectivity index (χ3v) is 8.00. The molecule has 3 aliphatic rings. The Labute approximate surface area is 209 Å². The van der Waals surface area contributed by atoms with E-state index in [4.69, 9.17) is 4.74 Å². The number of alkyl carbamates (subject to hydrolysis) is 1. The molecule has 1 N–H and O–H groups in total. The van der Waals surface area contributed by atoms with E-state index in [1.54, 1.807) is 19.9 Å². The molecule has 3 aliphatic carbocycles. The summed E-state index contributed by atoms with van der Waals surface area (Å²) >= 11 is 0. The van der Waals surface area contributed by atoms with Crippen LogP contribution in [0.15, 0.2) is 47.7 Å². The van der Waals surface area contributed by atoms with Crippen LogP contribution in [-0.2, 0) is 11.2 Å². The number of nitrogens with one attached hydrogen (secondary N) is 1. The zero-order valence-electron chi connectivity index (χ0n) is 21.0. The quantitative estimate of drug-likeness (QED) is 0.488. The van der Waals surface area contributed by atoms with Crippen molar-refractivity contribution >= 4 is 12.2 Å². The lowest BCUT2D eigenvalue weighted by atomic mass is 9.55. The van der Waals surface area contributed by atoms with Crippen LogP contribution in [0.4, 0.5) is 18.0 Å². The lowest BCUT2D eigenvalue weighted by Gasteiger charge is -2.51. The minimum atomic E-state index is -4.41. The minimum absolute atomic E-state index is 0.152. The van der Waals surface area contributed by atoms with E-state index >= 15 is 0 Å². The Bertz CT molecular complexity index is 1230. The maximum atomic E-state index is 14.0. The van der Waals surface area contributed by atoms with Gasteiger partial charge in [0.05, 0.1) is 35.6 Å². The first-order valence-electron chi connectivity index (χ1n) is 12.6. The molecule has 2 aromatic rings. The first kappa shape index (κ1) is 24.7. The molecule has 1 aromatic heterocycles. The molecule has 1 saturated carbocycles. The van der Waals surface area contributed by atoms with E-state index in [1.165, 1.54) is 11.1 Å². The largest absolute Gasteiger partial charge is 0.447 e. The predicted octanol–water partition coefficient (Wildman–Crippen LogP) is 6.55. The average molecular weight is 500 g/mol. The maximum absolute atomic E-state index is 14.0. The smallest absolute Gasteiger partial charge is 0.407 e. The number of amides is 1. The zero-order chi connectivity index (χ0) is 25.8. The highest BCUT2D eigenvalue weighted by Crippen LogP contribution is 2.57. The highest BCUT2D eigenvalue weighted by Gasteiger charge is 2.54. The molecule has 5 rings (SSSR count). The van der Waals surface area contributed by atoms with Crippen molar-refractivity contribution in [3.8, 4) is 5.69 Å². The summed E-state index contributed by atoms with van der Waals surface area (Å²) in [6.45, 7) is 7.53. The normalized spacial score (nSPS) is 27.4. The highest BCUT2D eigenvalue weighted by atomic mass is 19.4. The number of alkyl halides is 3. The second-order valence-corrected chi connectivity index (χ2v) is 10.8. The third-order valence-electron chi connectivity index (χ3n) is 8.00. The Morgan fingerprint density at radius 3 is 2.64 bits per heavy atom. The van der Waals surface area contributed by atoms with Gasteiger partial charge in [-0.2, -0.15) is 18.3 Å². The standard InChI is InChI=1S/C28H32F3N3O2/c1-16(2)36-26(35)33-25-21-10-7-19-13-24-18(15-32-34(24)20-8-5-17(3)6-9-20)14-27(19,4)22(21)11-12-23(25)28(29,30)31/h5-6,8-9,11,13,15-16,21,23,25H,7,10,12,14H2,1-4H3,(H,33,35)/t21-,23+,25+,27-/m0/s1. The van der Waals surface area contributed by atoms with Gasteiger partial charge in [-0.15, -0.1) is 0 Å². The van der Waals surface area contributed by atoms with E-state index in [1.807, 2.05) is 29.9 Å². The number of nitrogens with zero attached hydrogens (tertiary/aromatic N) is 2. The van der Waals surface area contributed by atoms with E-state index in [0.29, 0.717) is 19.3 Å². The molecule has 1 heterocycles. The highest BCUT2D eigenvalue weighted by molar-refractivity contribution is 5.68. The average Bonchev–Trinajstić information content (AvgIpc) is 3.18. The lowest BCUT2D eigenvalue weighted by molar-refractivity contribution is -0.186. The van der Waals surface area contributed by atoms with Gasteiger partial charge in [0.25, 0.3) is 0 Å². The molecule has 1 amide bonds. The molecule has 4 atom stereocenters. The first-order chi connectivity index (χ1) is 17.0. The van der Waals surface area contributed by atoms with Crippen LogP contribution in [0.5, 0.6) is 0 Å². The van der Waals surface area contributed by atoms with Crippen molar-refractivity contribution in [2.24, 2.45) is 17.3 Å². The molecule has 0 unspecified atom stereocenters. The van der Waals surface area contributed by atoms with Gasteiger partial charge in [0.15, 0.2) is 0 Å². The number of rotatable bonds is 3. The van der Waals surface area contributed by atoms with Crippen molar-refractivity contribution in [3.63, 3.8) is 0 Å². The second-order valence-electron chi connectivity index (χ2n) is 10.8. The number of hydrogen-bond acceptors (Lipinski definition) is 3. The van der Waals surface area contributed by atoms with Crippen molar-refractivity contribution in [2.75, 3.05) is 0 Å². The lowest BCUT2D eigenvalue weighted by Crippen LogP contribution is -2.55. The summed E-state index contributed by atoms with van der Waals surface area (Å²) < 4.78 is 49.2. The number of aromatic nitrogens is 2. The summed E-state index contributed by atoms with van der Waals surface area (Å²) in [6, 6.07) is 7.14. The first-order valence-corrected chi connectivity index (χ1v) is 12.6. The van der Waals surface area contributed by atoms with Gasteiger partial charge < -0.3 is 10.1 Å². The van der Waals surface area contributed by atoms with Crippen LogP contribution in [0.3, 0.4) is 0 Å². The molecule has 8 heteroatoms. The van der Waals surface area contributed by atoms with Gasteiger partial charge >= 0.3 is 12.3 Å². The number of carbonyl (C=O) groups is 1. The summed E-state index contributed by atoms with van der Waals surface area (Å²) in [5.74, 6) is -2.04. The predicted molar refractivity (Wildman–Crippen MR) is 132 cm³/mol. The van der Waals surface area contributed by atoms with E-state index < -0.39 is 41.7 Å². The molecular formula is C28H32F3N3O2. The molecule has 1 aromatic carbocycles. The van der Waals surface area contributed by atoms with Crippen molar-refractivity contribution < 1.29 is 22.7 Å². The second kappa shape index (κ2) is 8.82. The molecule has 36 heavy (non-hydrogen) atoms. The van der Waals surface area contributed by atoms with E-state index in [-0.39, 0.29) is 6.42 Å². The minimum Gasteiger partial charge on any atom is -0.447 e. The molecule has 0 aliphatic heterocycles. The summed E-state index contributed by atoms with van der Waals surface area (Å²) in [5.41, 5.74) is 6.05. The summed E-state index contributed by atoms with van der Waals surface area (Å²) in [4.78, 5) is 12.4. The van der Waals surface area contributed by atoms with Crippen LogP contribution in [0, 0.1) is 24.2 Å². The number of aryl methyl sites for hydroxylation is 1. The fourth-order valence-corrected chi connectivity index (χ4v) is 6.26. The van der Waals surface area contributed by atoms with Crippen molar-refractivity contribution in [1.82, 2.24) is 15.1 Å². The van der Waals surface area contributed by atoms with Crippen LogP contribution < -0.4 is 5.32 Å². The number of halogens is 3. The number of carbonyl (C=O) groups excluding carboxylic acids is 1. The van der Waals surface area contributed by atoms with Crippen molar-refractivity contribution in [1.29, 1.82) is 0 Å². The Hall–Kier alpha value is -3.03. The molecule has 0 radical (unpaired) electrons. The Kier molecular flexibility index (Phi) is 6.04. The van der Waals surface area contributed by atoms with E-state index in [0.717, 1.165) is 22.5 Å². The number of hydrogen-bond donors (Lipinski definition) is 1. The van der Waals surface area contributed by atoms with Gasteiger partial charge in [0, 0.05) is 11.3 Å². The topological polar surface area (TPSA) is 56.2 Å². The molecular weight excluding hydrogens is 467 g/mol. The Morgan fingerprint density at radius 2 is 1.97 bits per heavy atom. The van der Waals surface area contributed by atoms with Crippen LogP contribution in [0.25, 0.3) is 11.8 Å². The fraction of sp³-hybridized carbons (Fsp3) is 0.500. The molecule has 0 bridgehead atoms. The molecule has 1 fully saturated rings. The van der Waals surface area contributed by atoms with Crippen LogP contribution >= 0.6 is 0 Å². The zero-order valence-corrected chi connectivity index (χ0v) is 21.0. The van der Waals surface area contributed by atoms with Crippen molar-refractivity contribution in [3.05, 3.63) is 64.5 Å². The Balaban J connectivity index is 1.49. The number of benzene rings is 1. The Morgan fingerprint density at radius 1 is 1.25 bits per heavy atom. The monoisotopic (exact) mass is 499 g/mol. The van der Waals surface area contributed by atoms with Crippen molar-refractivity contribution in [2.45, 2.75) is 71.7 Å². The van der Waals surface area contributed by atoms with Crippen LogP contribution in [-0.4, -0.2) is 34.2 Å². The van der Waals surface area contributed by atoms with Gasteiger partial charge in [0.2, 0.25) is 0 Å². The van der Waals surface area contributed by atoms with Gasteiger partial charge in [-0.3, -0.25) is 0 Å². The summed E-state index contributed by atoms with van der Waals surface area (Å²) in [7, 11) is 0. The summed E-state index contributed by atoms with van der Waals surface area (Å²) in [5, 5.41) is 7.26. The van der Waals surface area contributed by atoms with Gasteiger partial charge in [0.1, 0.15) is 0 Å². The number of allylic oxidation sites excluding steroid dienone is 2. The molecule has 192 valence electrons. The molecule has 0 spiro atoms. The van der Waals surface area contributed by atoms with Crippen LogP contribution in [0.2, 0.25) is 0 Å². The number of ether oxygens (including phenoxy) is 1. The van der Waals surface area contributed by atoms with Gasteiger partial charge in [-0.1, -0.05) is 41.8 Å². The fourth-order valence-electron chi connectivity index (χ4n) is 6.26. The molecule has 5 nitrogen and oxygen atoms in total. The van der Waals surface area contributed by atoms with Crippen LogP contribution in [0.1, 0.15) is 56.9 Å². The number of fused-ring (bicyclic) bond motifs is 4.